The van der Waals surface area contributed by atoms with Gasteiger partial charge in [-0.2, -0.15) is 5.10 Å². The van der Waals surface area contributed by atoms with Crippen molar-refractivity contribution in [1.29, 1.82) is 0 Å². The van der Waals surface area contributed by atoms with E-state index in [-0.39, 0.29) is 11.9 Å². The Morgan fingerprint density at radius 2 is 2.35 bits per heavy atom. The van der Waals surface area contributed by atoms with Crippen LogP contribution in [0.2, 0.25) is 0 Å². The first kappa shape index (κ1) is 12.8. The van der Waals surface area contributed by atoms with Gasteiger partial charge < -0.3 is 10.1 Å². The highest BCUT2D eigenvalue weighted by Crippen LogP contribution is 2.14. The second-order valence-electron chi connectivity index (χ2n) is 4.77. The number of carbonyl (C=O) groups is 1. The zero-order valence-corrected chi connectivity index (χ0v) is 11.0. The lowest BCUT2D eigenvalue weighted by Gasteiger charge is -2.22. The van der Waals surface area contributed by atoms with Gasteiger partial charge in [0.05, 0.1) is 18.3 Å². The monoisotopic (exact) mass is 272 g/mol. The molecule has 0 bridgehead atoms. The predicted octanol–water partition coefficient (Wildman–Crippen LogP) is 1.38. The maximum atomic E-state index is 12.1. The second kappa shape index (κ2) is 5.83. The van der Waals surface area contributed by atoms with Crippen molar-refractivity contribution >= 4 is 5.91 Å². The normalized spacial score (nSPS) is 18.7. The van der Waals surface area contributed by atoms with Crippen LogP contribution in [0, 0.1) is 0 Å². The molecule has 1 aliphatic heterocycles. The molecule has 6 heteroatoms. The number of ether oxygens (including phenoxy) is 1. The highest BCUT2D eigenvalue weighted by Gasteiger charge is 2.18. The average Bonchev–Trinajstić information content (AvgIpc) is 2.99. The van der Waals surface area contributed by atoms with Crippen molar-refractivity contribution in [3.63, 3.8) is 0 Å². The fourth-order valence-electron chi connectivity index (χ4n) is 2.20. The third-order valence-electron chi connectivity index (χ3n) is 3.25. The molecule has 20 heavy (non-hydrogen) atoms. The van der Waals surface area contributed by atoms with Crippen LogP contribution in [-0.4, -0.2) is 40.3 Å². The van der Waals surface area contributed by atoms with Crippen LogP contribution in [0.25, 0.3) is 11.4 Å². The standard InChI is InChI=1S/C14H16N4O2/c19-14(16-10-4-3-7-20-9-10)13-8-12(17-18-13)11-5-1-2-6-15-11/h1-2,5-6,8,10H,3-4,7,9H2,(H,16,19)(H,17,18). The van der Waals surface area contributed by atoms with Crippen LogP contribution in [0.5, 0.6) is 0 Å². The topological polar surface area (TPSA) is 79.9 Å². The molecule has 2 aromatic heterocycles. The van der Waals surface area contributed by atoms with E-state index in [1.54, 1.807) is 12.3 Å². The molecule has 1 amide bonds. The molecule has 3 rings (SSSR count). The number of aromatic nitrogens is 3. The molecular formula is C14H16N4O2. The van der Waals surface area contributed by atoms with Crippen LogP contribution >= 0.6 is 0 Å². The van der Waals surface area contributed by atoms with Crippen LogP contribution < -0.4 is 5.32 Å². The minimum Gasteiger partial charge on any atom is -0.379 e. The molecule has 0 spiro atoms. The van der Waals surface area contributed by atoms with E-state index in [0.717, 1.165) is 25.1 Å². The van der Waals surface area contributed by atoms with Gasteiger partial charge >= 0.3 is 0 Å². The summed E-state index contributed by atoms with van der Waals surface area (Å²) in [5.74, 6) is -0.157. The molecule has 3 heterocycles. The highest BCUT2D eigenvalue weighted by molar-refractivity contribution is 5.93. The lowest BCUT2D eigenvalue weighted by molar-refractivity contribution is 0.0622. The van der Waals surface area contributed by atoms with Gasteiger partial charge in [0.15, 0.2) is 0 Å². The maximum Gasteiger partial charge on any atom is 0.269 e. The lowest BCUT2D eigenvalue weighted by Crippen LogP contribution is -2.40. The van der Waals surface area contributed by atoms with Gasteiger partial charge in [0.2, 0.25) is 0 Å². The fourth-order valence-corrected chi connectivity index (χ4v) is 2.20. The Morgan fingerprint density at radius 3 is 3.10 bits per heavy atom. The molecule has 0 aromatic carbocycles. The molecule has 0 saturated carbocycles. The zero-order valence-electron chi connectivity index (χ0n) is 11.0. The molecule has 1 unspecified atom stereocenters. The van der Waals surface area contributed by atoms with Crippen LogP contribution in [0.3, 0.4) is 0 Å². The molecule has 1 fully saturated rings. The van der Waals surface area contributed by atoms with Crippen LogP contribution in [0.15, 0.2) is 30.5 Å². The quantitative estimate of drug-likeness (QED) is 0.884. The van der Waals surface area contributed by atoms with Crippen LogP contribution in [-0.2, 0) is 4.74 Å². The summed E-state index contributed by atoms with van der Waals surface area (Å²) in [5.41, 5.74) is 1.84. The first-order valence-corrected chi connectivity index (χ1v) is 6.68. The van der Waals surface area contributed by atoms with Gasteiger partial charge in [-0.25, -0.2) is 0 Å². The third-order valence-corrected chi connectivity index (χ3v) is 3.25. The first-order valence-electron chi connectivity index (χ1n) is 6.68. The summed E-state index contributed by atoms with van der Waals surface area (Å²) in [6.45, 7) is 1.35. The number of nitrogens with one attached hydrogen (secondary N) is 2. The third kappa shape index (κ3) is 2.85. The maximum absolute atomic E-state index is 12.1. The van der Waals surface area contributed by atoms with Gasteiger partial charge in [0.1, 0.15) is 11.4 Å². The number of hydrogen-bond donors (Lipinski definition) is 2. The molecule has 2 aromatic rings. The molecule has 6 nitrogen and oxygen atoms in total. The van der Waals surface area contributed by atoms with E-state index in [4.69, 9.17) is 4.74 Å². The van der Waals surface area contributed by atoms with Gasteiger partial charge in [-0.1, -0.05) is 6.07 Å². The summed E-state index contributed by atoms with van der Waals surface area (Å²) in [5, 5.41) is 9.82. The number of carbonyl (C=O) groups excluding carboxylic acids is 1. The first-order chi connectivity index (χ1) is 9.83. The number of amides is 1. The van der Waals surface area contributed by atoms with E-state index in [0.29, 0.717) is 18.0 Å². The van der Waals surface area contributed by atoms with Gasteiger partial charge in [0.25, 0.3) is 5.91 Å². The fraction of sp³-hybridized carbons (Fsp3) is 0.357. The van der Waals surface area contributed by atoms with Gasteiger partial charge in [-0.3, -0.25) is 14.9 Å². The van der Waals surface area contributed by atoms with Crippen molar-refractivity contribution in [1.82, 2.24) is 20.5 Å². The van der Waals surface area contributed by atoms with Crippen LogP contribution in [0.1, 0.15) is 23.3 Å². The minimum atomic E-state index is -0.157. The van der Waals surface area contributed by atoms with Gasteiger partial charge in [-0.15, -0.1) is 0 Å². The molecule has 0 radical (unpaired) electrons. The van der Waals surface area contributed by atoms with E-state index in [2.05, 4.69) is 20.5 Å². The smallest absolute Gasteiger partial charge is 0.269 e. The molecule has 2 N–H and O–H groups in total. The molecule has 0 aliphatic carbocycles. The number of hydrogen-bond acceptors (Lipinski definition) is 4. The highest BCUT2D eigenvalue weighted by atomic mass is 16.5. The number of H-pyrrole nitrogens is 1. The molecular weight excluding hydrogens is 256 g/mol. The molecule has 104 valence electrons. The Balaban J connectivity index is 1.68. The van der Waals surface area contributed by atoms with Crippen molar-refractivity contribution in [2.45, 2.75) is 18.9 Å². The summed E-state index contributed by atoms with van der Waals surface area (Å²) >= 11 is 0. The second-order valence-corrected chi connectivity index (χ2v) is 4.77. The summed E-state index contributed by atoms with van der Waals surface area (Å²) in [6, 6.07) is 7.37. The predicted molar refractivity (Wildman–Crippen MR) is 73.1 cm³/mol. The summed E-state index contributed by atoms with van der Waals surface area (Å²) in [4.78, 5) is 16.3. The van der Waals surface area contributed by atoms with Gasteiger partial charge in [-0.05, 0) is 31.0 Å². The lowest BCUT2D eigenvalue weighted by atomic mass is 10.1. The zero-order chi connectivity index (χ0) is 13.8. The Kier molecular flexibility index (Phi) is 3.73. The van der Waals surface area contributed by atoms with Crippen molar-refractivity contribution in [3.8, 4) is 11.4 Å². The SMILES string of the molecule is O=C(NC1CCCOC1)c1cc(-c2ccccn2)n[nH]1. The Hall–Kier alpha value is -2.21. The van der Waals surface area contributed by atoms with Crippen molar-refractivity contribution in [2.75, 3.05) is 13.2 Å². The number of rotatable bonds is 3. The van der Waals surface area contributed by atoms with Crippen molar-refractivity contribution in [3.05, 3.63) is 36.2 Å². The van der Waals surface area contributed by atoms with Crippen molar-refractivity contribution < 1.29 is 9.53 Å². The Morgan fingerprint density at radius 1 is 1.40 bits per heavy atom. The average molecular weight is 272 g/mol. The largest absolute Gasteiger partial charge is 0.379 e. The summed E-state index contributed by atoms with van der Waals surface area (Å²) < 4.78 is 5.34. The van der Waals surface area contributed by atoms with E-state index in [1.807, 2.05) is 18.2 Å². The van der Waals surface area contributed by atoms with E-state index in [1.165, 1.54) is 0 Å². The van der Waals surface area contributed by atoms with E-state index >= 15 is 0 Å². The van der Waals surface area contributed by atoms with E-state index in [9.17, 15) is 4.79 Å². The van der Waals surface area contributed by atoms with Crippen LogP contribution in [0.4, 0.5) is 0 Å². The number of aromatic amines is 1. The summed E-state index contributed by atoms with van der Waals surface area (Å²) in [7, 11) is 0. The van der Waals surface area contributed by atoms with Crippen molar-refractivity contribution in [2.24, 2.45) is 0 Å². The molecule has 1 atom stereocenters. The minimum absolute atomic E-state index is 0.0813. The number of nitrogens with zero attached hydrogens (tertiary/aromatic N) is 2. The molecule has 1 saturated heterocycles. The van der Waals surface area contributed by atoms with E-state index < -0.39 is 0 Å². The Bertz CT molecular complexity index is 576. The van der Waals surface area contributed by atoms with Gasteiger partial charge in [0, 0.05) is 12.8 Å². The Labute approximate surface area is 116 Å². The summed E-state index contributed by atoms with van der Waals surface area (Å²) in [6.07, 6.45) is 3.63. The molecule has 1 aliphatic rings. The number of pyridine rings is 1.